The van der Waals surface area contributed by atoms with E-state index < -0.39 is 0 Å². The van der Waals surface area contributed by atoms with Crippen molar-refractivity contribution in [3.63, 3.8) is 0 Å². The van der Waals surface area contributed by atoms with Crippen molar-refractivity contribution in [2.24, 2.45) is 0 Å². The molecule has 0 atom stereocenters. The minimum Gasteiger partial charge on any atom is -0.466 e. The predicted molar refractivity (Wildman–Crippen MR) is 45.2 cm³/mol. The first-order chi connectivity index (χ1) is 5.20. The summed E-state index contributed by atoms with van der Waals surface area (Å²) in [6.07, 6.45) is 6.01. The summed E-state index contributed by atoms with van der Waals surface area (Å²) in [5, 5.41) is 0. The van der Waals surface area contributed by atoms with Crippen LogP contribution in [-0.2, 0) is 9.53 Å². The topological polar surface area (TPSA) is 26.3 Å². The zero-order valence-electron chi connectivity index (χ0n) is 7.26. The SMILES string of the molecule is CCC(C)=CC=CC(=O)OC. The van der Waals surface area contributed by atoms with Gasteiger partial charge in [-0.25, -0.2) is 4.79 Å². The summed E-state index contributed by atoms with van der Waals surface area (Å²) in [7, 11) is 1.36. The third kappa shape index (κ3) is 5.40. The standard InChI is InChI=1S/C9H14O2/c1-4-8(2)6-5-7-9(10)11-3/h5-7H,4H2,1-3H3. The Morgan fingerprint density at radius 1 is 1.55 bits per heavy atom. The van der Waals surface area contributed by atoms with Gasteiger partial charge >= 0.3 is 5.97 Å². The van der Waals surface area contributed by atoms with Crippen LogP contribution in [0, 0.1) is 0 Å². The average Bonchev–Trinajstić information content (AvgIpc) is 2.04. The van der Waals surface area contributed by atoms with E-state index in [0.29, 0.717) is 0 Å². The van der Waals surface area contributed by atoms with Gasteiger partial charge in [0.25, 0.3) is 0 Å². The highest BCUT2D eigenvalue weighted by atomic mass is 16.5. The molecule has 0 aromatic heterocycles. The van der Waals surface area contributed by atoms with Gasteiger partial charge in [0.15, 0.2) is 0 Å². The van der Waals surface area contributed by atoms with Crippen LogP contribution in [0.2, 0.25) is 0 Å². The van der Waals surface area contributed by atoms with Crippen molar-refractivity contribution in [3.05, 3.63) is 23.8 Å². The molecule has 11 heavy (non-hydrogen) atoms. The summed E-state index contributed by atoms with van der Waals surface area (Å²) in [5.74, 6) is -0.315. The van der Waals surface area contributed by atoms with Crippen LogP contribution >= 0.6 is 0 Å². The molecule has 62 valence electrons. The minimum atomic E-state index is -0.315. The van der Waals surface area contributed by atoms with E-state index >= 15 is 0 Å². The van der Waals surface area contributed by atoms with Crippen molar-refractivity contribution in [2.75, 3.05) is 7.11 Å². The quantitative estimate of drug-likeness (QED) is 0.353. The van der Waals surface area contributed by atoms with E-state index in [4.69, 9.17) is 0 Å². The number of ether oxygens (including phenoxy) is 1. The molecule has 0 N–H and O–H groups in total. The molecular weight excluding hydrogens is 140 g/mol. The van der Waals surface area contributed by atoms with Gasteiger partial charge in [-0.3, -0.25) is 0 Å². The van der Waals surface area contributed by atoms with E-state index in [0.717, 1.165) is 6.42 Å². The zero-order valence-corrected chi connectivity index (χ0v) is 7.26. The maximum absolute atomic E-state index is 10.5. The van der Waals surface area contributed by atoms with Gasteiger partial charge in [-0.05, 0) is 13.3 Å². The summed E-state index contributed by atoms with van der Waals surface area (Å²) in [5.41, 5.74) is 1.24. The highest BCUT2D eigenvalue weighted by Gasteiger charge is 1.87. The number of esters is 1. The van der Waals surface area contributed by atoms with Gasteiger partial charge in [-0.15, -0.1) is 0 Å². The van der Waals surface area contributed by atoms with E-state index in [-0.39, 0.29) is 5.97 Å². The van der Waals surface area contributed by atoms with Crippen molar-refractivity contribution in [3.8, 4) is 0 Å². The molecule has 0 saturated heterocycles. The number of rotatable bonds is 3. The van der Waals surface area contributed by atoms with E-state index in [1.165, 1.54) is 18.8 Å². The Labute approximate surface area is 67.6 Å². The Bertz CT molecular complexity index is 178. The van der Waals surface area contributed by atoms with Crippen LogP contribution in [0.25, 0.3) is 0 Å². The Hall–Kier alpha value is -1.05. The Morgan fingerprint density at radius 3 is 2.64 bits per heavy atom. The molecule has 0 aliphatic carbocycles. The molecule has 0 aromatic carbocycles. The summed E-state index contributed by atoms with van der Waals surface area (Å²) < 4.78 is 4.41. The van der Waals surface area contributed by atoms with Gasteiger partial charge in [0.1, 0.15) is 0 Å². The molecule has 0 rings (SSSR count). The highest BCUT2D eigenvalue weighted by molar-refractivity contribution is 5.82. The summed E-state index contributed by atoms with van der Waals surface area (Å²) >= 11 is 0. The van der Waals surface area contributed by atoms with Crippen molar-refractivity contribution in [1.82, 2.24) is 0 Å². The Balaban J connectivity index is 3.85. The van der Waals surface area contributed by atoms with Gasteiger partial charge in [0.2, 0.25) is 0 Å². The Morgan fingerprint density at radius 2 is 2.18 bits per heavy atom. The molecule has 0 aliphatic rings. The van der Waals surface area contributed by atoms with Gasteiger partial charge in [-0.1, -0.05) is 24.6 Å². The molecule has 0 fully saturated rings. The number of hydrogen-bond donors (Lipinski definition) is 0. The van der Waals surface area contributed by atoms with Gasteiger partial charge in [0, 0.05) is 6.08 Å². The number of methoxy groups -OCH3 is 1. The number of carbonyl (C=O) groups is 1. The smallest absolute Gasteiger partial charge is 0.330 e. The normalized spacial score (nSPS) is 12.1. The van der Waals surface area contributed by atoms with E-state index in [1.54, 1.807) is 6.08 Å². The van der Waals surface area contributed by atoms with Gasteiger partial charge < -0.3 is 4.74 Å². The lowest BCUT2D eigenvalue weighted by Crippen LogP contribution is -1.92. The van der Waals surface area contributed by atoms with Gasteiger partial charge in [-0.2, -0.15) is 0 Å². The van der Waals surface area contributed by atoms with Crippen molar-refractivity contribution >= 4 is 5.97 Å². The second kappa shape index (κ2) is 5.71. The fourth-order valence-corrected chi connectivity index (χ4v) is 0.477. The first-order valence-electron chi connectivity index (χ1n) is 3.62. The molecule has 0 heterocycles. The molecule has 0 aliphatic heterocycles. The number of allylic oxidation sites excluding steroid dienone is 3. The first kappa shape index (κ1) is 9.95. The second-order valence-corrected chi connectivity index (χ2v) is 2.25. The number of carbonyl (C=O) groups excluding carboxylic acids is 1. The van der Waals surface area contributed by atoms with Crippen LogP contribution in [0.3, 0.4) is 0 Å². The predicted octanol–water partition coefficient (Wildman–Crippen LogP) is 2.07. The van der Waals surface area contributed by atoms with E-state index in [9.17, 15) is 4.79 Å². The lowest BCUT2D eigenvalue weighted by atomic mass is 10.2. The van der Waals surface area contributed by atoms with E-state index in [1.807, 2.05) is 13.0 Å². The molecule has 0 unspecified atom stereocenters. The van der Waals surface area contributed by atoms with Crippen LogP contribution in [0.4, 0.5) is 0 Å². The fourth-order valence-electron chi connectivity index (χ4n) is 0.477. The molecule has 0 amide bonds. The molecule has 0 saturated carbocycles. The maximum Gasteiger partial charge on any atom is 0.330 e. The molecular formula is C9H14O2. The zero-order chi connectivity index (χ0) is 8.69. The highest BCUT2D eigenvalue weighted by Crippen LogP contribution is 1.97. The largest absolute Gasteiger partial charge is 0.466 e. The van der Waals surface area contributed by atoms with E-state index in [2.05, 4.69) is 11.7 Å². The van der Waals surface area contributed by atoms with Crippen LogP contribution in [0.1, 0.15) is 20.3 Å². The maximum atomic E-state index is 10.5. The third-order valence-corrected chi connectivity index (χ3v) is 1.37. The van der Waals surface area contributed by atoms with Gasteiger partial charge in [0.05, 0.1) is 7.11 Å². The van der Waals surface area contributed by atoms with Crippen LogP contribution in [-0.4, -0.2) is 13.1 Å². The summed E-state index contributed by atoms with van der Waals surface area (Å²) in [6.45, 7) is 4.08. The molecule has 2 nitrogen and oxygen atoms in total. The fraction of sp³-hybridized carbons (Fsp3) is 0.444. The molecule has 0 aromatic rings. The lowest BCUT2D eigenvalue weighted by molar-refractivity contribution is -0.134. The summed E-state index contributed by atoms with van der Waals surface area (Å²) in [4.78, 5) is 10.5. The van der Waals surface area contributed by atoms with Crippen LogP contribution < -0.4 is 0 Å². The second-order valence-electron chi connectivity index (χ2n) is 2.25. The van der Waals surface area contributed by atoms with Crippen molar-refractivity contribution < 1.29 is 9.53 Å². The third-order valence-electron chi connectivity index (χ3n) is 1.37. The summed E-state index contributed by atoms with van der Waals surface area (Å²) in [6, 6.07) is 0. The molecule has 2 heteroatoms. The first-order valence-corrected chi connectivity index (χ1v) is 3.62. The Kier molecular flexibility index (Phi) is 5.17. The average molecular weight is 154 g/mol. The lowest BCUT2D eigenvalue weighted by Gasteiger charge is -1.89. The molecule has 0 spiro atoms. The number of hydrogen-bond acceptors (Lipinski definition) is 2. The minimum absolute atomic E-state index is 0.315. The molecule has 0 radical (unpaired) electrons. The van der Waals surface area contributed by atoms with Crippen molar-refractivity contribution in [2.45, 2.75) is 20.3 Å². The molecule has 0 bridgehead atoms. The monoisotopic (exact) mass is 154 g/mol. The van der Waals surface area contributed by atoms with Crippen LogP contribution in [0.5, 0.6) is 0 Å². The van der Waals surface area contributed by atoms with Crippen molar-refractivity contribution in [1.29, 1.82) is 0 Å². The van der Waals surface area contributed by atoms with Crippen LogP contribution in [0.15, 0.2) is 23.8 Å².